The van der Waals surface area contributed by atoms with Gasteiger partial charge in [0.05, 0.1) is 11.4 Å². The van der Waals surface area contributed by atoms with Crippen LogP contribution in [0.5, 0.6) is 0 Å². The van der Waals surface area contributed by atoms with Gasteiger partial charge in [0.1, 0.15) is 0 Å². The topological polar surface area (TPSA) is 27.6 Å². The molecule has 0 radical (unpaired) electrons. The third-order valence-corrected chi connectivity index (χ3v) is 3.76. The zero-order valence-electron chi connectivity index (χ0n) is 15.4. The van der Waals surface area contributed by atoms with Gasteiger partial charge in [-0.15, -0.1) is 12.4 Å². The van der Waals surface area contributed by atoms with E-state index in [1.54, 1.807) is 0 Å². The summed E-state index contributed by atoms with van der Waals surface area (Å²) in [6, 6.07) is 18.6. The second kappa shape index (κ2) is 10.7. The number of allylic oxidation sites excluding steroid dienone is 1. The maximum Gasteiger partial charge on any atom is 0.0648 e. The van der Waals surface area contributed by atoms with Crippen molar-refractivity contribution in [3.8, 4) is 0 Å². The van der Waals surface area contributed by atoms with E-state index in [0.717, 1.165) is 17.9 Å². The Hall–Kier alpha value is -2.10. The van der Waals surface area contributed by atoms with Crippen molar-refractivity contribution in [3.05, 3.63) is 71.8 Å². The van der Waals surface area contributed by atoms with E-state index in [1.807, 2.05) is 30.3 Å². The minimum atomic E-state index is 0. The molecule has 0 aliphatic heterocycles. The lowest BCUT2D eigenvalue weighted by atomic mass is 10.0. The summed E-state index contributed by atoms with van der Waals surface area (Å²) >= 11 is 0. The summed E-state index contributed by atoms with van der Waals surface area (Å²) in [7, 11) is 4.17. The van der Waals surface area contributed by atoms with Crippen LogP contribution < -0.4 is 5.43 Å². The second-order valence-corrected chi connectivity index (χ2v) is 6.42. The predicted molar refractivity (Wildman–Crippen MR) is 113 cm³/mol. The molecule has 0 saturated carbocycles. The van der Waals surface area contributed by atoms with Crippen LogP contribution in [-0.2, 0) is 0 Å². The van der Waals surface area contributed by atoms with E-state index in [-0.39, 0.29) is 12.4 Å². The van der Waals surface area contributed by atoms with Gasteiger partial charge in [-0.2, -0.15) is 5.10 Å². The van der Waals surface area contributed by atoms with E-state index in [2.05, 4.69) is 79.8 Å². The van der Waals surface area contributed by atoms with Crippen molar-refractivity contribution < 1.29 is 0 Å². The Kier molecular flexibility index (Phi) is 8.96. The minimum Gasteiger partial charge on any atom is -0.309 e. The Labute approximate surface area is 157 Å². The molecule has 0 amide bonds. The number of halogens is 1. The van der Waals surface area contributed by atoms with Gasteiger partial charge in [-0.3, -0.25) is 5.43 Å². The molecule has 2 aromatic carbocycles. The zero-order chi connectivity index (χ0) is 17.4. The fourth-order valence-corrected chi connectivity index (χ4v) is 2.45. The molecule has 0 spiro atoms. The van der Waals surface area contributed by atoms with Gasteiger partial charge in [0.2, 0.25) is 0 Å². The molecular weight excluding hydrogens is 330 g/mol. The Bertz CT molecular complexity index is 676. The van der Waals surface area contributed by atoms with E-state index < -0.39 is 0 Å². The Morgan fingerprint density at radius 2 is 1.72 bits per heavy atom. The Balaban J connectivity index is 0.00000312. The SMILES string of the molecule is Cc1ccc(C=C/C(=N/Nc2ccccc2)C(C)CN(C)C)cc1.Cl. The number of nitrogens with one attached hydrogen (secondary N) is 1. The summed E-state index contributed by atoms with van der Waals surface area (Å²) in [6.07, 6.45) is 4.23. The summed E-state index contributed by atoms with van der Waals surface area (Å²) in [6.45, 7) is 5.25. The molecule has 25 heavy (non-hydrogen) atoms. The number of anilines is 1. The summed E-state index contributed by atoms with van der Waals surface area (Å²) in [5.41, 5.74) is 7.65. The molecule has 2 aromatic rings. The first-order valence-corrected chi connectivity index (χ1v) is 8.32. The van der Waals surface area contributed by atoms with Crippen molar-refractivity contribution in [2.75, 3.05) is 26.1 Å². The van der Waals surface area contributed by atoms with E-state index in [0.29, 0.717) is 5.92 Å². The maximum absolute atomic E-state index is 4.63. The molecule has 1 N–H and O–H groups in total. The number of hydrazone groups is 1. The average Bonchev–Trinajstić information content (AvgIpc) is 2.56. The molecule has 1 unspecified atom stereocenters. The lowest BCUT2D eigenvalue weighted by Gasteiger charge is -2.17. The molecule has 2 rings (SSSR count). The molecule has 0 saturated heterocycles. The van der Waals surface area contributed by atoms with E-state index in [1.165, 1.54) is 11.1 Å². The molecule has 0 aliphatic rings. The van der Waals surface area contributed by atoms with Crippen LogP contribution in [0.25, 0.3) is 6.08 Å². The fourth-order valence-electron chi connectivity index (χ4n) is 2.45. The molecule has 1 atom stereocenters. The van der Waals surface area contributed by atoms with Gasteiger partial charge in [0.15, 0.2) is 0 Å². The van der Waals surface area contributed by atoms with Gasteiger partial charge in [-0.1, -0.05) is 61.0 Å². The molecule has 0 fully saturated rings. The highest BCUT2D eigenvalue weighted by atomic mass is 35.5. The molecular formula is C21H28ClN3. The zero-order valence-corrected chi connectivity index (χ0v) is 16.3. The van der Waals surface area contributed by atoms with Crippen LogP contribution in [0, 0.1) is 12.8 Å². The third kappa shape index (κ3) is 7.55. The number of aryl methyl sites for hydroxylation is 1. The van der Waals surface area contributed by atoms with Crippen LogP contribution in [0.1, 0.15) is 18.1 Å². The van der Waals surface area contributed by atoms with Crippen LogP contribution in [0.15, 0.2) is 65.8 Å². The van der Waals surface area contributed by atoms with E-state index in [4.69, 9.17) is 0 Å². The van der Waals surface area contributed by atoms with Crippen molar-refractivity contribution in [2.45, 2.75) is 13.8 Å². The van der Waals surface area contributed by atoms with Crippen molar-refractivity contribution in [1.29, 1.82) is 0 Å². The van der Waals surface area contributed by atoms with Crippen molar-refractivity contribution in [2.24, 2.45) is 11.0 Å². The number of hydrogen-bond acceptors (Lipinski definition) is 3. The average molecular weight is 358 g/mol. The second-order valence-electron chi connectivity index (χ2n) is 6.42. The molecule has 134 valence electrons. The number of hydrogen-bond donors (Lipinski definition) is 1. The van der Waals surface area contributed by atoms with Gasteiger partial charge in [0, 0.05) is 12.5 Å². The monoisotopic (exact) mass is 357 g/mol. The smallest absolute Gasteiger partial charge is 0.0648 e. The highest BCUT2D eigenvalue weighted by molar-refractivity contribution is 6.00. The van der Waals surface area contributed by atoms with Crippen LogP contribution in [0.3, 0.4) is 0 Å². The standard InChI is InChI=1S/C21H27N3.ClH/c1-17-10-12-19(13-11-17)14-15-21(18(2)16-24(3)4)23-22-20-8-6-5-7-9-20;/h5-15,18,22H,16H2,1-4H3;1H/b15-14?,23-21-;. The predicted octanol–water partition coefficient (Wildman–Crippen LogP) is 5.10. The molecule has 3 nitrogen and oxygen atoms in total. The van der Waals surface area contributed by atoms with Gasteiger partial charge < -0.3 is 4.90 Å². The van der Waals surface area contributed by atoms with Gasteiger partial charge in [-0.25, -0.2) is 0 Å². The summed E-state index contributed by atoms with van der Waals surface area (Å²) in [5.74, 6) is 0.331. The lowest BCUT2D eigenvalue weighted by molar-refractivity contribution is 0.381. The van der Waals surface area contributed by atoms with Crippen LogP contribution >= 0.6 is 12.4 Å². The fraction of sp³-hybridized carbons (Fsp3) is 0.286. The molecule has 0 aliphatic carbocycles. The van der Waals surface area contributed by atoms with Crippen LogP contribution in [-0.4, -0.2) is 31.3 Å². The highest BCUT2D eigenvalue weighted by Crippen LogP contribution is 2.10. The highest BCUT2D eigenvalue weighted by Gasteiger charge is 2.09. The van der Waals surface area contributed by atoms with Gasteiger partial charge in [-0.05, 0) is 44.8 Å². The van der Waals surface area contributed by atoms with Crippen LogP contribution in [0.2, 0.25) is 0 Å². The van der Waals surface area contributed by atoms with Crippen molar-refractivity contribution in [3.63, 3.8) is 0 Å². The van der Waals surface area contributed by atoms with E-state index in [9.17, 15) is 0 Å². The lowest BCUT2D eigenvalue weighted by Crippen LogP contribution is -2.25. The Morgan fingerprint density at radius 3 is 2.32 bits per heavy atom. The normalized spacial score (nSPS) is 12.9. The first kappa shape index (κ1) is 20.9. The minimum absolute atomic E-state index is 0. The third-order valence-electron chi connectivity index (χ3n) is 3.76. The molecule has 0 heterocycles. The molecule has 0 aromatic heterocycles. The summed E-state index contributed by atoms with van der Waals surface area (Å²) < 4.78 is 0. The number of nitrogens with zero attached hydrogens (tertiary/aromatic N) is 2. The maximum atomic E-state index is 4.63. The van der Waals surface area contributed by atoms with Crippen LogP contribution in [0.4, 0.5) is 5.69 Å². The number of benzene rings is 2. The van der Waals surface area contributed by atoms with Crippen molar-refractivity contribution >= 4 is 29.9 Å². The number of para-hydroxylation sites is 1. The van der Waals surface area contributed by atoms with Gasteiger partial charge >= 0.3 is 0 Å². The van der Waals surface area contributed by atoms with Gasteiger partial charge in [0.25, 0.3) is 0 Å². The molecule has 0 bridgehead atoms. The Morgan fingerprint density at radius 1 is 1.08 bits per heavy atom. The largest absolute Gasteiger partial charge is 0.309 e. The summed E-state index contributed by atoms with van der Waals surface area (Å²) in [4.78, 5) is 2.18. The first-order chi connectivity index (χ1) is 11.5. The first-order valence-electron chi connectivity index (χ1n) is 8.32. The quantitative estimate of drug-likeness (QED) is 0.551. The number of rotatable bonds is 7. The van der Waals surface area contributed by atoms with E-state index >= 15 is 0 Å². The molecule has 4 heteroatoms. The summed E-state index contributed by atoms with van der Waals surface area (Å²) in [5, 5.41) is 4.63. The van der Waals surface area contributed by atoms with Crippen molar-refractivity contribution in [1.82, 2.24) is 4.90 Å².